The first-order chi connectivity index (χ1) is 14.0. The van der Waals surface area contributed by atoms with Gasteiger partial charge in [-0.05, 0) is 56.3 Å². The van der Waals surface area contributed by atoms with Crippen LogP contribution < -0.4 is 14.2 Å². The van der Waals surface area contributed by atoms with Crippen LogP contribution in [-0.2, 0) is 20.0 Å². The fraction of sp³-hybridized carbons (Fsp3) is 0.400. The lowest BCUT2D eigenvalue weighted by atomic mass is 10.3. The Labute approximate surface area is 178 Å². The third-order valence-corrected chi connectivity index (χ3v) is 7.70. The van der Waals surface area contributed by atoms with Crippen molar-refractivity contribution in [1.82, 2.24) is 4.31 Å². The molecular weight excluding hydrogens is 428 g/mol. The van der Waals surface area contributed by atoms with Gasteiger partial charge in [-0.3, -0.25) is 4.72 Å². The highest BCUT2D eigenvalue weighted by atomic mass is 32.2. The van der Waals surface area contributed by atoms with E-state index in [4.69, 9.17) is 9.47 Å². The maximum Gasteiger partial charge on any atom is 0.262 e. The van der Waals surface area contributed by atoms with Crippen LogP contribution in [0.2, 0.25) is 0 Å². The number of ether oxygens (including phenoxy) is 2. The average Bonchev–Trinajstić information content (AvgIpc) is 2.69. The van der Waals surface area contributed by atoms with E-state index in [1.165, 1.54) is 53.9 Å². The molecule has 10 heteroatoms. The number of nitrogens with one attached hydrogen (secondary N) is 1. The van der Waals surface area contributed by atoms with Crippen molar-refractivity contribution in [2.24, 2.45) is 0 Å². The van der Waals surface area contributed by atoms with Crippen LogP contribution >= 0.6 is 0 Å². The zero-order valence-electron chi connectivity index (χ0n) is 17.7. The molecule has 0 amide bonds. The number of nitrogens with zero attached hydrogens (tertiary/aromatic N) is 1. The fourth-order valence-corrected chi connectivity index (χ4v) is 5.32. The van der Waals surface area contributed by atoms with E-state index in [0.29, 0.717) is 18.8 Å². The van der Waals surface area contributed by atoms with Crippen LogP contribution in [0.4, 0.5) is 5.69 Å². The van der Waals surface area contributed by atoms with Crippen LogP contribution in [0.15, 0.2) is 52.3 Å². The summed E-state index contributed by atoms with van der Waals surface area (Å²) in [5.74, 6) is 0.755. The van der Waals surface area contributed by atoms with Gasteiger partial charge in [0.1, 0.15) is 11.5 Å². The van der Waals surface area contributed by atoms with Crippen molar-refractivity contribution in [3.05, 3.63) is 42.5 Å². The van der Waals surface area contributed by atoms with Crippen molar-refractivity contribution in [3.8, 4) is 11.5 Å². The molecule has 0 saturated heterocycles. The van der Waals surface area contributed by atoms with Gasteiger partial charge in [0.05, 0.1) is 28.7 Å². The van der Waals surface area contributed by atoms with Gasteiger partial charge in [0, 0.05) is 13.1 Å². The summed E-state index contributed by atoms with van der Waals surface area (Å²) < 4.78 is 66.0. The molecule has 0 spiro atoms. The lowest BCUT2D eigenvalue weighted by Gasteiger charge is -2.21. The van der Waals surface area contributed by atoms with Gasteiger partial charge in [-0.1, -0.05) is 13.8 Å². The Morgan fingerprint density at radius 2 is 1.50 bits per heavy atom. The molecule has 0 aliphatic heterocycles. The Morgan fingerprint density at radius 3 is 2.00 bits per heavy atom. The molecule has 30 heavy (non-hydrogen) atoms. The van der Waals surface area contributed by atoms with Gasteiger partial charge in [-0.2, -0.15) is 4.31 Å². The first kappa shape index (κ1) is 24.0. The van der Waals surface area contributed by atoms with E-state index in [1.807, 2.05) is 0 Å². The highest BCUT2D eigenvalue weighted by Gasteiger charge is 2.25. The van der Waals surface area contributed by atoms with E-state index in [9.17, 15) is 16.8 Å². The van der Waals surface area contributed by atoms with Crippen molar-refractivity contribution in [3.63, 3.8) is 0 Å². The Morgan fingerprint density at radius 1 is 0.933 bits per heavy atom. The molecular formula is C20H28N2O6S2. The molecule has 0 heterocycles. The minimum atomic E-state index is -3.98. The number of benzene rings is 2. The van der Waals surface area contributed by atoms with Crippen LogP contribution in [0.1, 0.15) is 27.7 Å². The Hall–Kier alpha value is -2.30. The van der Waals surface area contributed by atoms with Crippen molar-refractivity contribution in [2.75, 3.05) is 24.9 Å². The molecule has 0 fully saturated rings. The molecule has 0 radical (unpaired) electrons. The lowest BCUT2D eigenvalue weighted by Crippen LogP contribution is -2.30. The highest BCUT2D eigenvalue weighted by molar-refractivity contribution is 7.92. The van der Waals surface area contributed by atoms with Gasteiger partial charge in [0.25, 0.3) is 10.0 Å². The molecule has 2 aromatic rings. The zero-order valence-corrected chi connectivity index (χ0v) is 19.4. The van der Waals surface area contributed by atoms with Crippen LogP contribution in [0.5, 0.6) is 11.5 Å². The minimum absolute atomic E-state index is 0.0100. The van der Waals surface area contributed by atoms with Crippen LogP contribution in [0.25, 0.3) is 0 Å². The molecule has 166 valence electrons. The molecule has 0 bridgehead atoms. The Kier molecular flexibility index (Phi) is 7.73. The quantitative estimate of drug-likeness (QED) is 0.588. The molecule has 2 aromatic carbocycles. The normalized spacial score (nSPS) is 12.2. The third-order valence-electron chi connectivity index (χ3n) is 4.27. The van der Waals surface area contributed by atoms with Crippen LogP contribution in [0.3, 0.4) is 0 Å². The average molecular weight is 457 g/mol. The van der Waals surface area contributed by atoms with E-state index in [-0.39, 0.29) is 27.3 Å². The largest absolute Gasteiger partial charge is 0.497 e. The van der Waals surface area contributed by atoms with Gasteiger partial charge in [0.2, 0.25) is 10.0 Å². The Balaban J connectivity index is 2.52. The Bertz CT molecular complexity index is 1060. The van der Waals surface area contributed by atoms with Crippen LogP contribution in [0, 0.1) is 0 Å². The second-order valence-corrected chi connectivity index (χ2v) is 10.3. The summed E-state index contributed by atoms with van der Waals surface area (Å²) in [6, 6.07) is 10.0. The molecule has 8 nitrogen and oxygen atoms in total. The molecule has 1 N–H and O–H groups in total. The third kappa shape index (κ3) is 5.44. The summed E-state index contributed by atoms with van der Waals surface area (Å²) in [6.07, 6.45) is -0.237. The number of rotatable bonds is 10. The predicted molar refractivity (Wildman–Crippen MR) is 116 cm³/mol. The van der Waals surface area contributed by atoms with E-state index in [1.54, 1.807) is 27.7 Å². The summed E-state index contributed by atoms with van der Waals surface area (Å²) in [6.45, 7) is 7.67. The molecule has 0 aromatic heterocycles. The van der Waals surface area contributed by atoms with Gasteiger partial charge in [-0.25, -0.2) is 16.8 Å². The number of sulfonamides is 2. The van der Waals surface area contributed by atoms with Crippen molar-refractivity contribution in [2.45, 2.75) is 43.6 Å². The molecule has 2 rings (SSSR count). The summed E-state index contributed by atoms with van der Waals surface area (Å²) in [4.78, 5) is -0.00876. The topological polar surface area (TPSA) is 102 Å². The SMILES string of the molecule is CCN(CC)S(=O)(=O)c1ccc(OC(C)C)c(NS(=O)(=O)c2ccc(OC)cc2)c1. The molecule has 0 aliphatic carbocycles. The zero-order chi connectivity index (χ0) is 22.5. The number of methoxy groups -OCH3 is 1. The molecule has 0 unspecified atom stereocenters. The van der Waals surface area contributed by atoms with Crippen molar-refractivity contribution >= 4 is 25.7 Å². The maximum absolute atomic E-state index is 12.9. The first-order valence-corrected chi connectivity index (χ1v) is 12.4. The minimum Gasteiger partial charge on any atom is -0.497 e. The summed E-state index contributed by atoms with van der Waals surface area (Å²) in [7, 11) is -6.27. The van der Waals surface area contributed by atoms with Gasteiger partial charge in [-0.15, -0.1) is 0 Å². The van der Waals surface area contributed by atoms with Crippen molar-refractivity contribution < 1.29 is 26.3 Å². The molecule has 0 atom stereocenters. The fourth-order valence-electron chi connectivity index (χ4n) is 2.78. The van der Waals surface area contributed by atoms with E-state index in [2.05, 4.69) is 4.72 Å². The monoisotopic (exact) mass is 456 g/mol. The number of anilines is 1. The standard InChI is InChI=1S/C20H28N2O6S2/c1-6-22(7-2)30(25,26)18-12-13-20(28-15(3)4)19(14-18)21-29(23,24)17-10-8-16(27-5)9-11-17/h8-15,21H,6-7H2,1-5H3. The number of hydrogen-bond donors (Lipinski definition) is 1. The maximum atomic E-state index is 12.9. The summed E-state index contributed by atoms with van der Waals surface area (Å²) in [5.41, 5.74) is 0.0488. The molecule has 0 saturated carbocycles. The second kappa shape index (κ2) is 9.67. The number of hydrogen-bond acceptors (Lipinski definition) is 6. The van der Waals surface area contributed by atoms with E-state index in [0.717, 1.165) is 0 Å². The smallest absolute Gasteiger partial charge is 0.262 e. The lowest BCUT2D eigenvalue weighted by molar-refractivity contribution is 0.243. The van der Waals surface area contributed by atoms with E-state index >= 15 is 0 Å². The summed E-state index contributed by atoms with van der Waals surface area (Å²) in [5, 5.41) is 0. The predicted octanol–water partition coefficient (Wildman–Crippen LogP) is 3.31. The van der Waals surface area contributed by atoms with Crippen molar-refractivity contribution in [1.29, 1.82) is 0 Å². The van der Waals surface area contributed by atoms with Gasteiger partial charge >= 0.3 is 0 Å². The first-order valence-electron chi connectivity index (χ1n) is 9.52. The van der Waals surface area contributed by atoms with Gasteiger partial charge < -0.3 is 9.47 Å². The highest BCUT2D eigenvalue weighted by Crippen LogP contribution is 2.32. The second-order valence-electron chi connectivity index (χ2n) is 6.69. The molecule has 0 aliphatic rings. The van der Waals surface area contributed by atoms with E-state index < -0.39 is 20.0 Å². The van der Waals surface area contributed by atoms with Gasteiger partial charge in [0.15, 0.2) is 0 Å². The van der Waals surface area contributed by atoms with Crippen LogP contribution in [-0.4, -0.2) is 47.4 Å². The summed E-state index contributed by atoms with van der Waals surface area (Å²) >= 11 is 0.